The molecule has 1 heterocycles. The SMILES string of the molecule is CC(=O)CC/C=C\C(C)N1C(=O)C2C3CCC(C3)C2C1=O. The van der Waals surface area contributed by atoms with Crippen LogP contribution < -0.4 is 0 Å². The van der Waals surface area contributed by atoms with Gasteiger partial charge in [0.1, 0.15) is 5.78 Å². The normalized spacial score (nSPS) is 35.8. The van der Waals surface area contributed by atoms with E-state index >= 15 is 0 Å². The van der Waals surface area contributed by atoms with E-state index in [1.54, 1.807) is 6.92 Å². The third-order valence-corrected chi connectivity index (χ3v) is 5.45. The standard InChI is InChI=1S/C17H23NO3/c1-10(5-3-4-6-11(2)19)18-16(20)14-12-7-8-13(9-12)15(14)17(18)21/h3,5,10,12-15H,4,6-9H2,1-2H3/b5-3-. The lowest BCUT2D eigenvalue weighted by Gasteiger charge is -2.22. The van der Waals surface area contributed by atoms with E-state index in [2.05, 4.69) is 0 Å². The molecule has 0 aromatic rings. The number of allylic oxidation sites excluding steroid dienone is 1. The molecule has 21 heavy (non-hydrogen) atoms. The van der Waals surface area contributed by atoms with Gasteiger partial charge in [-0.2, -0.15) is 0 Å². The van der Waals surface area contributed by atoms with Crippen LogP contribution in [-0.4, -0.2) is 28.5 Å². The number of amides is 2. The summed E-state index contributed by atoms with van der Waals surface area (Å²) in [6.45, 7) is 3.46. The summed E-state index contributed by atoms with van der Waals surface area (Å²) in [5.41, 5.74) is 0. The monoisotopic (exact) mass is 289 g/mol. The zero-order valence-electron chi connectivity index (χ0n) is 12.7. The quantitative estimate of drug-likeness (QED) is 0.576. The van der Waals surface area contributed by atoms with E-state index in [4.69, 9.17) is 0 Å². The molecular formula is C17H23NO3. The second-order valence-corrected chi connectivity index (χ2v) is 6.84. The molecule has 1 saturated heterocycles. The molecule has 0 radical (unpaired) electrons. The minimum absolute atomic E-state index is 0.0377. The van der Waals surface area contributed by atoms with Crippen LogP contribution in [-0.2, 0) is 14.4 Å². The van der Waals surface area contributed by atoms with Crippen molar-refractivity contribution in [2.75, 3.05) is 0 Å². The van der Waals surface area contributed by atoms with Crippen LogP contribution in [0.15, 0.2) is 12.2 Å². The van der Waals surface area contributed by atoms with Crippen molar-refractivity contribution in [1.82, 2.24) is 4.90 Å². The first-order valence-corrected chi connectivity index (χ1v) is 8.03. The van der Waals surface area contributed by atoms with Crippen molar-refractivity contribution in [3.8, 4) is 0 Å². The molecule has 3 aliphatic rings. The van der Waals surface area contributed by atoms with Gasteiger partial charge in [0.2, 0.25) is 11.8 Å². The molecule has 2 aliphatic carbocycles. The first kappa shape index (κ1) is 14.5. The molecule has 5 atom stereocenters. The molecule has 2 amide bonds. The first-order valence-electron chi connectivity index (χ1n) is 8.03. The Morgan fingerprint density at radius 3 is 2.33 bits per heavy atom. The molecule has 2 saturated carbocycles. The predicted molar refractivity (Wildman–Crippen MR) is 78.2 cm³/mol. The first-order chi connectivity index (χ1) is 10.0. The zero-order chi connectivity index (χ0) is 15.1. The molecule has 0 spiro atoms. The van der Waals surface area contributed by atoms with Crippen molar-refractivity contribution in [3.05, 3.63) is 12.2 Å². The van der Waals surface area contributed by atoms with Crippen LogP contribution in [0, 0.1) is 23.7 Å². The number of rotatable bonds is 5. The van der Waals surface area contributed by atoms with Crippen molar-refractivity contribution < 1.29 is 14.4 Å². The van der Waals surface area contributed by atoms with Crippen molar-refractivity contribution in [1.29, 1.82) is 0 Å². The van der Waals surface area contributed by atoms with Crippen LogP contribution in [0.3, 0.4) is 0 Å². The molecule has 114 valence electrons. The Morgan fingerprint density at radius 1 is 1.24 bits per heavy atom. The molecule has 0 aromatic carbocycles. The van der Waals surface area contributed by atoms with E-state index in [0.717, 1.165) is 19.3 Å². The summed E-state index contributed by atoms with van der Waals surface area (Å²) in [5.74, 6) is 1.05. The Balaban J connectivity index is 1.67. The molecule has 3 rings (SSSR count). The van der Waals surface area contributed by atoms with E-state index in [9.17, 15) is 14.4 Å². The van der Waals surface area contributed by atoms with Crippen molar-refractivity contribution in [3.63, 3.8) is 0 Å². The van der Waals surface area contributed by atoms with Gasteiger partial charge in [0.15, 0.2) is 0 Å². The van der Waals surface area contributed by atoms with Crippen molar-refractivity contribution >= 4 is 17.6 Å². The number of hydrogen-bond acceptors (Lipinski definition) is 3. The van der Waals surface area contributed by atoms with E-state index < -0.39 is 0 Å². The minimum atomic E-state index is -0.193. The number of ketones is 1. The summed E-state index contributed by atoms with van der Waals surface area (Å²) in [6, 6.07) is -0.193. The molecule has 4 nitrogen and oxygen atoms in total. The fraction of sp³-hybridized carbons (Fsp3) is 0.706. The highest BCUT2D eigenvalue weighted by atomic mass is 16.2. The number of carbonyl (C=O) groups is 3. The fourth-order valence-electron chi connectivity index (χ4n) is 4.50. The van der Waals surface area contributed by atoms with Gasteiger partial charge in [0.05, 0.1) is 17.9 Å². The van der Waals surface area contributed by atoms with Gasteiger partial charge in [0, 0.05) is 6.42 Å². The Labute approximate surface area is 125 Å². The lowest BCUT2D eigenvalue weighted by Crippen LogP contribution is -2.39. The summed E-state index contributed by atoms with van der Waals surface area (Å²) < 4.78 is 0. The number of likely N-dealkylation sites (tertiary alicyclic amines) is 1. The Kier molecular flexibility index (Phi) is 3.72. The average Bonchev–Trinajstić information content (AvgIpc) is 3.09. The van der Waals surface area contributed by atoms with Crippen LogP contribution in [0.25, 0.3) is 0 Å². The summed E-state index contributed by atoms with van der Waals surface area (Å²) in [7, 11) is 0. The van der Waals surface area contributed by atoms with Gasteiger partial charge in [-0.15, -0.1) is 0 Å². The number of Topliss-reactive ketones (excluding diaryl/α,β-unsaturated/α-hetero) is 1. The smallest absolute Gasteiger partial charge is 0.233 e. The third kappa shape index (κ3) is 2.34. The van der Waals surface area contributed by atoms with E-state index in [1.165, 1.54) is 4.90 Å². The van der Waals surface area contributed by atoms with Crippen molar-refractivity contribution in [2.24, 2.45) is 23.7 Å². The molecule has 1 aliphatic heterocycles. The van der Waals surface area contributed by atoms with E-state index in [-0.39, 0.29) is 35.5 Å². The molecule has 0 N–H and O–H groups in total. The lowest BCUT2D eigenvalue weighted by molar-refractivity contribution is -0.142. The maximum atomic E-state index is 12.6. The topological polar surface area (TPSA) is 54.5 Å². The van der Waals surface area contributed by atoms with Gasteiger partial charge >= 0.3 is 0 Å². The highest BCUT2D eigenvalue weighted by molar-refractivity contribution is 6.06. The van der Waals surface area contributed by atoms with Gasteiger partial charge in [-0.3, -0.25) is 14.5 Å². The average molecular weight is 289 g/mol. The predicted octanol–water partition coefficient (Wildman–Crippen LogP) is 2.33. The van der Waals surface area contributed by atoms with Gasteiger partial charge in [0.25, 0.3) is 0 Å². The largest absolute Gasteiger partial charge is 0.300 e. The number of hydrogen-bond donors (Lipinski definition) is 0. The van der Waals surface area contributed by atoms with E-state index in [1.807, 2.05) is 19.1 Å². The number of carbonyl (C=O) groups excluding carboxylic acids is 3. The maximum Gasteiger partial charge on any atom is 0.233 e. The highest BCUT2D eigenvalue weighted by Gasteiger charge is 2.61. The van der Waals surface area contributed by atoms with Crippen LogP contribution in [0.1, 0.15) is 46.0 Å². The Hall–Kier alpha value is -1.45. The van der Waals surface area contributed by atoms with Gasteiger partial charge in [-0.25, -0.2) is 0 Å². The number of nitrogens with zero attached hydrogens (tertiary/aromatic N) is 1. The second-order valence-electron chi connectivity index (χ2n) is 6.84. The molecule has 4 heteroatoms. The van der Waals surface area contributed by atoms with Crippen molar-refractivity contribution in [2.45, 2.75) is 52.0 Å². The van der Waals surface area contributed by atoms with Crippen LogP contribution >= 0.6 is 0 Å². The molecule has 3 fully saturated rings. The fourth-order valence-corrected chi connectivity index (χ4v) is 4.50. The van der Waals surface area contributed by atoms with Gasteiger partial charge in [-0.1, -0.05) is 12.2 Å². The third-order valence-electron chi connectivity index (χ3n) is 5.45. The lowest BCUT2D eigenvalue weighted by atomic mass is 9.81. The molecule has 2 bridgehead atoms. The maximum absolute atomic E-state index is 12.6. The summed E-state index contributed by atoms with van der Waals surface area (Å²) in [5, 5.41) is 0. The molecule has 5 unspecified atom stereocenters. The van der Waals surface area contributed by atoms with Gasteiger partial charge in [-0.05, 0) is 51.4 Å². The van der Waals surface area contributed by atoms with E-state index in [0.29, 0.717) is 24.7 Å². The summed E-state index contributed by atoms with van der Waals surface area (Å²) in [6.07, 6.45) is 8.29. The summed E-state index contributed by atoms with van der Waals surface area (Å²) in [4.78, 5) is 37.6. The van der Waals surface area contributed by atoms with Crippen LogP contribution in [0.4, 0.5) is 0 Å². The summed E-state index contributed by atoms with van der Waals surface area (Å²) >= 11 is 0. The van der Waals surface area contributed by atoms with Gasteiger partial charge < -0.3 is 4.79 Å². The second kappa shape index (κ2) is 5.39. The Bertz CT molecular complexity index is 482. The number of imide groups is 1. The van der Waals surface area contributed by atoms with Crippen LogP contribution in [0.2, 0.25) is 0 Å². The minimum Gasteiger partial charge on any atom is -0.300 e. The van der Waals surface area contributed by atoms with Crippen LogP contribution in [0.5, 0.6) is 0 Å². The Morgan fingerprint density at radius 2 is 1.81 bits per heavy atom. The molecular weight excluding hydrogens is 266 g/mol. The zero-order valence-corrected chi connectivity index (χ0v) is 12.7. The number of fused-ring (bicyclic) bond motifs is 5. The highest BCUT2D eigenvalue weighted by Crippen LogP contribution is 2.56. The molecule has 0 aromatic heterocycles.